The molecule has 1 aromatic carbocycles. The van der Waals surface area contributed by atoms with Crippen molar-refractivity contribution in [2.75, 3.05) is 6.54 Å². The molecule has 0 atom stereocenters. The van der Waals surface area contributed by atoms with E-state index >= 15 is 0 Å². The van der Waals surface area contributed by atoms with Gasteiger partial charge >= 0.3 is 0 Å². The number of carbonyl (C=O) groups is 2. The van der Waals surface area contributed by atoms with Crippen LogP contribution in [0.1, 0.15) is 5.56 Å². The third kappa shape index (κ3) is 2.72. The van der Waals surface area contributed by atoms with E-state index in [4.69, 9.17) is 12.2 Å². The summed E-state index contributed by atoms with van der Waals surface area (Å²) in [5.74, 6) is -1.77. The van der Waals surface area contributed by atoms with E-state index in [0.29, 0.717) is 4.91 Å². The first-order valence-electron chi connectivity index (χ1n) is 6.35. The number of aliphatic carboxylic acids is 1. The number of pyridine rings is 1. The molecule has 0 aliphatic carbocycles. The number of thioether (sulfide) groups is 1. The molecule has 2 aromatic rings. The molecule has 0 unspecified atom stereocenters. The number of hydrogen-bond acceptors (Lipinski definition) is 6. The van der Waals surface area contributed by atoms with Crippen LogP contribution in [-0.4, -0.2) is 32.6 Å². The predicted molar refractivity (Wildman–Crippen MR) is 86.6 cm³/mol. The number of nitrogens with zero attached hydrogens (tertiary/aromatic N) is 2. The number of fused-ring (bicyclic) bond motifs is 1. The number of carboxylic acids is 1. The molecule has 1 aromatic heterocycles. The highest BCUT2D eigenvalue weighted by molar-refractivity contribution is 8.26. The van der Waals surface area contributed by atoms with Crippen molar-refractivity contribution < 1.29 is 14.7 Å². The minimum Gasteiger partial charge on any atom is -0.548 e. The lowest BCUT2D eigenvalue weighted by molar-refractivity contribution is -0.305. The first-order chi connectivity index (χ1) is 10.6. The molecule has 0 N–H and O–H groups in total. The predicted octanol–water partition coefficient (Wildman–Crippen LogP) is 1.19. The maximum absolute atomic E-state index is 12.2. The van der Waals surface area contributed by atoms with E-state index < -0.39 is 18.4 Å². The van der Waals surface area contributed by atoms with Crippen LogP contribution in [-0.2, 0) is 9.59 Å². The summed E-state index contributed by atoms with van der Waals surface area (Å²) in [7, 11) is 0. The SMILES string of the molecule is O=C([O-])CN1C(=O)/C(=C/c2cccc3cccnc23)SC1=S. The van der Waals surface area contributed by atoms with E-state index in [1.807, 2.05) is 30.3 Å². The second-order valence-electron chi connectivity index (χ2n) is 4.56. The fourth-order valence-electron chi connectivity index (χ4n) is 2.15. The van der Waals surface area contributed by atoms with Crippen LogP contribution < -0.4 is 5.11 Å². The first-order valence-corrected chi connectivity index (χ1v) is 7.57. The van der Waals surface area contributed by atoms with Crippen molar-refractivity contribution in [2.45, 2.75) is 0 Å². The van der Waals surface area contributed by atoms with Crippen LogP contribution in [0.5, 0.6) is 0 Å². The summed E-state index contributed by atoms with van der Waals surface area (Å²) in [4.78, 5) is 28.6. The molecule has 0 spiro atoms. The van der Waals surface area contributed by atoms with Gasteiger partial charge in [0, 0.05) is 17.1 Å². The van der Waals surface area contributed by atoms with Gasteiger partial charge in [-0.05, 0) is 12.1 Å². The molecule has 5 nitrogen and oxygen atoms in total. The lowest BCUT2D eigenvalue weighted by Crippen LogP contribution is -2.40. The number of carbonyl (C=O) groups excluding carboxylic acids is 2. The minimum atomic E-state index is -1.34. The van der Waals surface area contributed by atoms with Crippen molar-refractivity contribution in [3.8, 4) is 0 Å². The highest BCUT2D eigenvalue weighted by atomic mass is 32.2. The standard InChI is InChI=1S/C15H10N2O3S2/c18-12(19)8-17-14(20)11(22-15(17)21)7-10-4-1-3-9-5-2-6-16-13(9)10/h1-7H,8H2,(H,18,19)/p-1/b11-7-. The van der Waals surface area contributed by atoms with Gasteiger partial charge in [-0.1, -0.05) is 48.2 Å². The quantitative estimate of drug-likeness (QED) is 0.622. The van der Waals surface area contributed by atoms with Gasteiger partial charge in [-0.15, -0.1) is 0 Å². The molecule has 1 aliphatic rings. The highest BCUT2D eigenvalue weighted by Crippen LogP contribution is 2.33. The molecule has 1 saturated heterocycles. The summed E-state index contributed by atoms with van der Waals surface area (Å²) < 4.78 is 0.216. The van der Waals surface area contributed by atoms with E-state index in [2.05, 4.69) is 4.98 Å². The molecule has 3 rings (SSSR count). The van der Waals surface area contributed by atoms with E-state index in [1.165, 1.54) is 0 Å². The average molecular weight is 329 g/mol. The second kappa shape index (κ2) is 5.86. The van der Waals surface area contributed by atoms with Crippen LogP contribution in [0, 0.1) is 0 Å². The van der Waals surface area contributed by atoms with Gasteiger partial charge in [0.25, 0.3) is 5.91 Å². The van der Waals surface area contributed by atoms with E-state index in [1.54, 1.807) is 12.3 Å². The van der Waals surface area contributed by atoms with Crippen molar-refractivity contribution in [1.29, 1.82) is 0 Å². The van der Waals surface area contributed by atoms with Crippen LogP contribution in [0.4, 0.5) is 0 Å². The number of rotatable bonds is 3. The van der Waals surface area contributed by atoms with Gasteiger partial charge in [0.2, 0.25) is 0 Å². The molecule has 0 radical (unpaired) electrons. The molecule has 22 heavy (non-hydrogen) atoms. The number of carboxylic acid groups (broad SMARTS) is 1. The zero-order valence-corrected chi connectivity index (χ0v) is 12.8. The molecule has 7 heteroatoms. The Kier molecular flexibility index (Phi) is 3.91. The Labute approximate surface area is 135 Å². The van der Waals surface area contributed by atoms with Crippen molar-refractivity contribution in [3.05, 3.63) is 47.0 Å². The number of thiocarbonyl (C=S) groups is 1. The van der Waals surface area contributed by atoms with Crippen LogP contribution in [0.15, 0.2) is 41.4 Å². The summed E-state index contributed by atoms with van der Waals surface area (Å²) in [6.45, 7) is -0.532. The van der Waals surface area contributed by atoms with Crippen LogP contribution in [0.2, 0.25) is 0 Å². The fraction of sp³-hybridized carbons (Fsp3) is 0.0667. The molecule has 0 saturated carbocycles. The lowest BCUT2D eigenvalue weighted by Gasteiger charge is -2.14. The Hall–Kier alpha value is -2.25. The Balaban J connectivity index is 2.00. The normalized spacial score (nSPS) is 16.7. The summed E-state index contributed by atoms with van der Waals surface area (Å²) >= 11 is 6.12. The zero-order chi connectivity index (χ0) is 15.7. The van der Waals surface area contributed by atoms with E-state index in [-0.39, 0.29) is 4.32 Å². The summed E-state index contributed by atoms with van der Waals surface area (Å²) in [6, 6.07) is 9.42. The first kappa shape index (κ1) is 14.7. The van der Waals surface area contributed by atoms with Gasteiger partial charge in [-0.25, -0.2) is 0 Å². The smallest absolute Gasteiger partial charge is 0.266 e. The van der Waals surface area contributed by atoms with Gasteiger partial charge in [0.05, 0.1) is 22.9 Å². The molecule has 110 valence electrons. The third-order valence-electron chi connectivity index (χ3n) is 3.11. The Bertz CT molecular complexity index is 827. The third-order valence-corrected chi connectivity index (χ3v) is 4.49. The fourth-order valence-corrected chi connectivity index (χ4v) is 3.40. The highest BCUT2D eigenvalue weighted by Gasteiger charge is 2.31. The van der Waals surface area contributed by atoms with Crippen molar-refractivity contribution in [1.82, 2.24) is 9.88 Å². The maximum atomic E-state index is 12.2. The van der Waals surface area contributed by atoms with Crippen molar-refractivity contribution in [2.24, 2.45) is 0 Å². The molecule has 0 bridgehead atoms. The molecular weight excluding hydrogens is 320 g/mol. The number of aromatic nitrogens is 1. The Morgan fingerprint density at radius 2 is 2.14 bits per heavy atom. The van der Waals surface area contributed by atoms with Crippen molar-refractivity contribution >= 4 is 57.2 Å². The maximum Gasteiger partial charge on any atom is 0.266 e. The average Bonchev–Trinajstić information content (AvgIpc) is 2.75. The number of amides is 1. The number of para-hydroxylation sites is 1. The lowest BCUT2D eigenvalue weighted by atomic mass is 10.1. The Morgan fingerprint density at radius 1 is 1.36 bits per heavy atom. The Morgan fingerprint density at radius 3 is 2.91 bits per heavy atom. The van der Waals surface area contributed by atoms with Gasteiger partial charge in [-0.3, -0.25) is 14.7 Å². The van der Waals surface area contributed by atoms with E-state index in [9.17, 15) is 14.7 Å². The topological polar surface area (TPSA) is 73.3 Å². The summed E-state index contributed by atoms with van der Waals surface area (Å²) in [5, 5.41) is 11.6. The summed E-state index contributed by atoms with van der Waals surface area (Å²) in [6.07, 6.45) is 3.37. The molecule has 2 heterocycles. The minimum absolute atomic E-state index is 0.216. The van der Waals surface area contributed by atoms with E-state index in [0.717, 1.165) is 33.1 Å². The summed E-state index contributed by atoms with van der Waals surface area (Å²) in [5.41, 5.74) is 1.56. The molecule has 1 amide bonds. The molecule has 1 aliphatic heterocycles. The molecular formula is C15H9N2O3S2-. The van der Waals surface area contributed by atoms with Gasteiger partial charge in [0.15, 0.2) is 0 Å². The zero-order valence-electron chi connectivity index (χ0n) is 11.2. The number of hydrogen-bond donors (Lipinski definition) is 0. The van der Waals surface area contributed by atoms with Gasteiger partial charge in [-0.2, -0.15) is 0 Å². The largest absolute Gasteiger partial charge is 0.548 e. The molecule has 1 fully saturated rings. The van der Waals surface area contributed by atoms with Crippen LogP contribution in [0.25, 0.3) is 17.0 Å². The van der Waals surface area contributed by atoms with Crippen molar-refractivity contribution in [3.63, 3.8) is 0 Å². The van der Waals surface area contributed by atoms with Gasteiger partial charge in [0.1, 0.15) is 4.32 Å². The van der Waals surface area contributed by atoms with Gasteiger partial charge < -0.3 is 9.90 Å². The van der Waals surface area contributed by atoms with Crippen LogP contribution >= 0.6 is 24.0 Å². The second-order valence-corrected chi connectivity index (χ2v) is 6.24. The monoisotopic (exact) mass is 329 g/mol. The van der Waals surface area contributed by atoms with Crippen LogP contribution in [0.3, 0.4) is 0 Å². The number of benzene rings is 1.